The number of carbonyl (C=O) groups is 3. The lowest BCUT2D eigenvalue weighted by Crippen LogP contribution is -2.65. The molecule has 0 bridgehead atoms. The second-order valence-electron chi connectivity index (χ2n) is 13.9. The summed E-state index contributed by atoms with van der Waals surface area (Å²) in [5, 5.41) is 10.5. The SMILES string of the molecule is C[C@H]1[C@H](C)CC[C@]2(C(=O)O)CC[C@]3(C)C(=CC[C@@H]4[C@@]5(C)CCC(=O)[C@](C)(C=O)[C@@H]5CC[C@]43C)[C@H]12. The van der Waals surface area contributed by atoms with Gasteiger partial charge < -0.3 is 9.90 Å². The van der Waals surface area contributed by atoms with Crippen molar-refractivity contribution in [2.45, 2.75) is 99.3 Å². The minimum absolute atomic E-state index is 0.0299. The van der Waals surface area contributed by atoms with Crippen LogP contribution in [0.5, 0.6) is 0 Å². The normalized spacial score (nSPS) is 54.6. The van der Waals surface area contributed by atoms with E-state index in [0.717, 1.165) is 57.7 Å². The molecule has 0 heterocycles. The molecule has 5 aliphatic carbocycles. The van der Waals surface area contributed by atoms with Crippen molar-refractivity contribution in [2.75, 3.05) is 0 Å². The van der Waals surface area contributed by atoms with Crippen LogP contribution in [0.2, 0.25) is 0 Å². The zero-order valence-electron chi connectivity index (χ0n) is 22.1. The fourth-order valence-electron chi connectivity index (χ4n) is 10.6. The van der Waals surface area contributed by atoms with Crippen LogP contribution in [0.1, 0.15) is 99.3 Å². The Morgan fingerprint density at radius 3 is 2.35 bits per heavy atom. The van der Waals surface area contributed by atoms with Gasteiger partial charge in [0.1, 0.15) is 12.1 Å². The van der Waals surface area contributed by atoms with Crippen LogP contribution in [0.25, 0.3) is 0 Å². The number of allylic oxidation sites excluding steroid dienone is 2. The highest BCUT2D eigenvalue weighted by molar-refractivity contribution is 5.99. The van der Waals surface area contributed by atoms with Gasteiger partial charge in [0, 0.05) is 6.42 Å². The summed E-state index contributed by atoms with van der Waals surface area (Å²) in [7, 11) is 0. The molecule has 4 heteroatoms. The van der Waals surface area contributed by atoms with Gasteiger partial charge in [0.2, 0.25) is 0 Å². The maximum Gasteiger partial charge on any atom is 0.310 e. The Labute approximate surface area is 205 Å². The van der Waals surface area contributed by atoms with Crippen LogP contribution in [0.3, 0.4) is 0 Å². The molecule has 0 amide bonds. The summed E-state index contributed by atoms with van der Waals surface area (Å²) in [6, 6.07) is 0. The van der Waals surface area contributed by atoms with Crippen molar-refractivity contribution in [3.63, 3.8) is 0 Å². The van der Waals surface area contributed by atoms with E-state index in [9.17, 15) is 19.5 Å². The number of aliphatic carboxylic acids is 1. The molecule has 4 saturated carbocycles. The molecule has 4 nitrogen and oxygen atoms in total. The molecule has 0 aliphatic heterocycles. The molecular formula is C30H44O4. The number of ketones is 1. The van der Waals surface area contributed by atoms with Crippen LogP contribution in [0, 0.1) is 56.7 Å². The predicted octanol–water partition coefficient (Wildman–Crippen LogP) is 6.48. The van der Waals surface area contributed by atoms with Crippen molar-refractivity contribution in [3.8, 4) is 0 Å². The molecule has 5 rings (SSSR count). The minimum Gasteiger partial charge on any atom is -0.481 e. The first kappa shape index (κ1) is 24.3. The zero-order valence-corrected chi connectivity index (χ0v) is 22.1. The predicted molar refractivity (Wildman–Crippen MR) is 132 cm³/mol. The van der Waals surface area contributed by atoms with Gasteiger partial charge in [-0.3, -0.25) is 9.59 Å². The highest BCUT2D eigenvalue weighted by Crippen LogP contribution is 2.75. The third-order valence-electron chi connectivity index (χ3n) is 13.1. The molecular weight excluding hydrogens is 424 g/mol. The van der Waals surface area contributed by atoms with Crippen molar-refractivity contribution in [2.24, 2.45) is 56.7 Å². The summed E-state index contributed by atoms with van der Waals surface area (Å²) in [6.45, 7) is 13.8. The average Bonchev–Trinajstić information content (AvgIpc) is 2.79. The van der Waals surface area contributed by atoms with Gasteiger partial charge in [0.15, 0.2) is 0 Å². The Kier molecular flexibility index (Phi) is 5.20. The summed E-state index contributed by atoms with van der Waals surface area (Å²) in [5.74, 6) is 1.07. The molecule has 0 radical (unpaired) electrons. The number of aldehydes is 1. The van der Waals surface area contributed by atoms with E-state index in [4.69, 9.17) is 0 Å². The summed E-state index contributed by atoms with van der Waals surface area (Å²) in [4.78, 5) is 37.9. The average molecular weight is 469 g/mol. The highest BCUT2D eigenvalue weighted by Gasteiger charge is 2.70. The Bertz CT molecular complexity index is 967. The van der Waals surface area contributed by atoms with Gasteiger partial charge in [0.25, 0.3) is 0 Å². The molecule has 188 valence electrons. The monoisotopic (exact) mass is 468 g/mol. The minimum atomic E-state index is -0.864. The number of carboxylic acid groups (broad SMARTS) is 1. The first-order chi connectivity index (χ1) is 15.8. The summed E-state index contributed by atoms with van der Waals surface area (Å²) in [5.41, 5.74) is -0.0675. The fourth-order valence-corrected chi connectivity index (χ4v) is 10.6. The van der Waals surface area contributed by atoms with E-state index in [-0.39, 0.29) is 33.9 Å². The Morgan fingerprint density at radius 2 is 1.71 bits per heavy atom. The standard InChI is InChI=1S/C30H44O4/c1-18-9-14-30(25(33)34)16-15-28(5)20(24(30)19(18)2)7-8-22-26(3)12-11-23(32)27(4,17-31)21(26)10-13-29(22,28)6/h7,17-19,21-22,24H,8-16H2,1-6H3,(H,33,34)/t18-,19+,21-,22-,24+,26+,27-,28-,29-,30+/m1/s1. The first-order valence-electron chi connectivity index (χ1n) is 13.8. The molecule has 0 unspecified atom stereocenters. The van der Waals surface area contributed by atoms with Gasteiger partial charge in [-0.15, -0.1) is 0 Å². The molecule has 1 N–H and O–H groups in total. The molecule has 34 heavy (non-hydrogen) atoms. The van der Waals surface area contributed by atoms with Crippen LogP contribution < -0.4 is 0 Å². The van der Waals surface area contributed by atoms with Crippen molar-refractivity contribution >= 4 is 18.0 Å². The van der Waals surface area contributed by atoms with Gasteiger partial charge in [-0.2, -0.15) is 0 Å². The number of hydrogen-bond acceptors (Lipinski definition) is 3. The maximum atomic E-state index is 12.9. The number of Topliss-reactive ketones (excluding diaryl/α,β-unsaturated/α-hetero) is 1. The van der Waals surface area contributed by atoms with E-state index in [1.165, 1.54) is 5.57 Å². The van der Waals surface area contributed by atoms with E-state index >= 15 is 0 Å². The molecule has 10 atom stereocenters. The van der Waals surface area contributed by atoms with Crippen molar-refractivity contribution < 1.29 is 19.5 Å². The number of carboxylic acids is 1. The molecule has 4 fully saturated rings. The van der Waals surface area contributed by atoms with Crippen molar-refractivity contribution in [3.05, 3.63) is 11.6 Å². The van der Waals surface area contributed by atoms with Crippen LogP contribution in [0.4, 0.5) is 0 Å². The Hall–Kier alpha value is -1.45. The first-order valence-corrected chi connectivity index (χ1v) is 13.8. The van der Waals surface area contributed by atoms with Gasteiger partial charge in [-0.1, -0.05) is 46.3 Å². The summed E-state index contributed by atoms with van der Waals surface area (Å²) in [6.07, 6.45) is 11.2. The Balaban J connectivity index is 1.62. The van der Waals surface area contributed by atoms with E-state index in [1.54, 1.807) is 0 Å². The third-order valence-corrected chi connectivity index (χ3v) is 13.1. The van der Waals surface area contributed by atoms with Crippen LogP contribution in [-0.2, 0) is 14.4 Å². The second-order valence-corrected chi connectivity index (χ2v) is 13.9. The van der Waals surface area contributed by atoms with Crippen LogP contribution >= 0.6 is 0 Å². The lowest BCUT2D eigenvalue weighted by molar-refractivity contribution is -0.190. The summed E-state index contributed by atoms with van der Waals surface area (Å²) >= 11 is 0. The zero-order chi connectivity index (χ0) is 24.9. The second kappa shape index (κ2) is 7.29. The number of carbonyl (C=O) groups excluding carboxylic acids is 2. The molecule has 0 aromatic rings. The van der Waals surface area contributed by atoms with Gasteiger partial charge in [-0.25, -0.2) is 0 Å². The topological polar surface area (TPSA) is 71.4 Å². The van der Waals surface area contributed by atoms with E-state index in [0.29, 0.717) is 24.2 Å². The number of fused-ring (bicyclic) bond motifs is 7. The molecule has 0 saturated heterocycles. The van der Waals surface area contributed by atoms with Crippen LogP contribution in [0.15, 0.2) is 11.6 Å². The van der Waals surface area contributed by atoms with Gasteiger partial charge >= 0.3 is 5.97 Å². The van der Waals surface area contributed by atoms with Crippen LogP contribution in [-0.4, -0.2) is 23.1 Å². The van der Waals surface area contributed by atoms with Crippen molar-refractivity contribution in [1.82, 2.24) is 0 Å². The van der Waals surface area contributed by atoms with Gasteiger partial charge in [-0.05, 0) is 104 Å². The van der Waals surface area contributed by atoms with Crippen molar-refractivity contribution in [1.29, 1.82) is 0 Å². The van der Waals surface area contributed by atoms with E-state index in [1.807, 2.05) is 6.92 Å². The lowest BCUT2D eigenvalue weighted by Gasteiger charge is -2.70. The van der Waals surface area contributed by atoms with E-state index < -0.39 is 16.8 Å². The molecule has 5 aliphatic rings. The lowest BCUT2D eigenvalue weighted by atomic mass is 9.33. The third kappa shape index (κ3) is 2.64. The Morgan fingerprint density at radius 1 is 1.00 bits per heavy atom. The molecule has 0 aromatic heterocycles. The number of rotatable bonds is 2. The maximum absolute atomic E-state index is 12.9. The fraction of sp³-hybridized carbons (Fsp3) is 0.833. The molecule has 0 aromatic carbocycles. The largest absolute Gasteiger partial charge is 0.481 e. The smallest absolute Gasteiger partial charge is 0.310 e. The quantitative estimate of drug-likeness (QED) is 0.286. The number of hydrogen-bond donors (Lipinski definition) is 1. The highest BCUT2D eigenvalue weighted by atomic mass is 16.4. The van der Waals surface area contributed by atoms with E-state index in [2.05, 4.69) is 40.7 Å². The summed E-state index contributed by atoms with van der Waals surface area (Å²) < 4.78 is 0. The molecule has 0 spiro atoms. The van der Waals surface area contributed by atoms with Gasteiger partial charge in [0.05, 0.1) is 10.8 Å².